The van der Waals surface area contributed by atoms with E-state index in [1.54, 1.807) is 6.92 Å². The number of carboxylic acid groups (broad SMARTS) is 1. The van der Waals surface area contributed by atoms with E-state index in [1.807, 2.05) is 0 Å². The molecular weight excluding hydrogens is 225 g/mol. The molecule has 0 fully saturated rings. The van der Waals surface area contributed by atoms with Gasteiger partial charge >= 0.3 is 5.97 Å². The zero-order valence-corrected chi connectivity index (χ0v) is 9.66. The lowest BCUT2D eigenvalue weighted by Gasteiger charge is -2.24. The fourth-order valence-electron chi connectivity index (χ4n) is 1.25. The third kappa shape index (κ3) is 3.03. The second kappa shape index (κ2) is 4.95. The quantitative estimate of drug-likeness (QED) is 0.842. The van der Waals surface area contributed by atoms with Gasteiger partial charge < -0.3 is 10.4 Å². The lowest BCUT2D eigenvalue weighted by atomic mass is 9.98. The topological polar surface area (TPSA) is 66.4 Å². The van der Waals surface area contributed by atoms with Gasteiger partial charge in [0.05, 0.1) is 0 Å². The van der Waals surface area contributed by atoms with Gasteiger partial charge in [-0.15, -0.1) is 0 Å². The number of rotatable bonds is 4. The predicted molar refractivity (Wildman–Crippen MR) is 60.2 cm³/mol. The highest BCUT2D eigenvalue weighted by Gasteiger charge is 2.32. The van der Waals surface area contributed by atoms with Gasteiger partial charge in [-0.2, -0.15) is 0 Å². The Morgan fingerprint density at radius 3 is 2.59 bits per heavy atom. The molecule has 0 aliphatic heterocycles. The Morgan fingerprint density at radius 2 is 2.12 bits per heavy atom. The van der Waals surface area contributed by atoms with E-state index in [2.05, 4.69) is 5.32 Å². The first-order valence-electron chi connectivity index (χ1n) is 5.20. The molecule has 0 spiro atoms. The van der Waals surface area contributed by atoms with Crippen LogP contribution < -0.4 is 5.32 Å². The fourth-order valence-corrected chi connectivity index (χ4v) is 1.25. The van der Waals surface area contributed by atoms with Gasteiger partial charge in [-0.05, 0) is 31.5 Å². The summed E-state index contributed by atoms with van der Waals surface area (Å²) in [4.78, 5) is 22.7. The van der Waals surface area contributed by atoms with E-state index >= 15 is 0 Å². The Morgan fingerprint density at radius 1 is 1.47 bits per heavy atom. The molecule has 1 aromatic rings. The summed E-state index contributed by atoms with van der Waals surface area (Å²) in [6.07, 6.45) is 0.239. The van der Waals surface area contributed by atoms with Crippen molar-refractivity contribution in [3.05, 3.63) is 35.6 Å². The third-order valence-electron chi connectivity index (χ3n) is 2.66. The van der Waals surface area contributed by atoms with Crippen molar-refractivity contribution < 1.29 is 19.1 Å². The molecule has 0 radical (unpaired) electrons. The van der Waals surface area contributed by atoms with E-state index in [0.717, 1.165) is 6.07 Å². The molecule has 2 N–H and O–H groups in total. The maximum absolute atomic E-state index is 12.9. The summed E-state index contributed by atoms with van der Waals surface area (Å²) in [5.41, 5.74) is -1.24. The number of benzene rings is 1. The molecule has 1 aromatic carbocycles. The Kier molecular flexibility index (Phi) is 3.83. The number of carbonyl (C=O) groups is 2. The van der Waals surface area contributed by atoms with Crippen LogP contribution in [0.15, 0.2) is 24.3 Å². The standard InChI is InChI=1S/C12H14FNO3/c1-3-12(2,11(16)17)14-10(15)8-5-4-6-9(13)7-8/h4-7H,3H2,1-2H3,(H,14,15)(H,16,17). The van der Waals surface area contributed by atoms with Crippen LogP contribution >= 0.6 is 0 Å². The van der Waals surface area contributed by atoms with Crippen molar-refractivity contribution in [3.63, 3.8) is 0 Å². The molecule has 5 heteroatoms. The van der Waals surface area contributed by atoms with Crippen molar-refractivity contribution in [3.8, 4) is 0 Å². The molecule has 1 amide bonds. The van der Waals surface area contributed by atoms with Gasteiger partial charge in [0.1, 0.15) is 11.4 Å². The minimum absolute atomic E-state index is 0.103. The van der Waals surface area contributed by atoms with Crippen molar-refractivity contribution in [2.24, 2.45) is 0 Å². The van der Waals surface area contributed by atoms with Crippen LogP contribution in [0.25, 0.3) is 0 Å². The highest BCUT2D eigenvalue weighted by molar-refractivity contribution is 5.97. The molecule has 1 rings (SSSR count). The summed E-state index contributed by atoms with van der Waals surface area (Å²) in [5.74, 6) is -2.26. The van der Waals surface area contributed by atoms with Crippen molar-refractivity contribution >= 4 is 11.9 Å². The van der Waals surface area contributed by atoms with Crippen molar-refractivity contribution in [1.82, 2.24) is 5.32 Å². The molecule has 0 aliphatic rings. The van der Waals surface area contributed by atoms with E-state index in [9.17, 15) is 14.0 Å². The van der Waals surface area contributed by atoms with E-state index in [0.29, 0.717) is 0 Å². The molecule has 0 saturated carbocycles. The number of amides is 1. The number of hydrogen-bond acceptors (Lipinski definition) is 2. The summed E-state index contributed by atoms with van der Waals surface area (Å²) >= 11 is 0. The molecule has 0 bridgehead atoms. The van der Waals surface area contributed by atoms with Crippen LogP contribution in [-0.4, -0.2) is 22.5 Å². The Hall–Kier alpha value is -1.91. The summed E-state index contributed by atoms with van der Waals surface area (Å²) in [6.45, 7) is 3.06. The summed E-state index contributed by atoms with van der Waals surface area (Å²) in [6, 6.07) is 5.10. The maximum Gasteiger partial charge on any atom is 0.329 e. The van der Waals surface area contributed by atoms with E-state index < -0.39 is 23.2 Å². The summed E-state index contributed by atoms with van der Waals surface area (Å²) < 4.78 is 12.9. The minimum Gasteiger partial charge on any atom is -0.480 e. The third-order valence-corrected chi connectivity index (χ3v) is 2.66. The van der Waals surface area contributed by atoms with Gasteiger partial charge in [-0.3, -0.25) is 4.79 Å². The Labute approximate surface area is 98.5 Å². The second-order valence-corrected chi connectivity index (χ2v) is 3.96. The molecule has 1 unspecified atom stereocenters. The van der Waals surface area contributed by atoms with Gasteiger partial charge in [0.15, 0.2) is 0 Å². The number of halogens is 1. The van der Waals surface area contributed by atoms with Gasteiger partial charge in [-0.25, -0.2) is 9.18 Å². The number of carbonyl (C=O) groups excluding carboxylic acids is 1. The molecule has 0 heterocycles. The zero-order chi connectivity index (χ0) is 13.1. The van der Waals surface area contributed by atoms with Crippen molar-refractivity contribution in [2.45, 2.75) is 25.8 Å². The predicted octanol–water partition coefficient (Wildman–Crippen LogP) is 1.81. The minimum atomic E-state index is -1.34. The smallest absolute Gasteiger partial charge is 0.329 e. The first-order chi connectivity index (χ1) is 7.89. The average Bonchev–Trinajstić information content (AvgIpc) is 2.28. The van der Waals surface area contributed by atoms with E-state index in [4.69, 9.17) is 5.11 Å². The number of hydrogen-bond donors (Lipinski definition) is 2. The molecule has 92 valence electrons. The van der Waals surface area contributed by atoms with Crippen LogP contribution in [-0.2, 0) is 4.79 Å². The Balaban J connectivity index is 2.89. The van der Waals surface area contributed by atoms with Crippen LogP contribution in [0.4, 0.5) is 4.39 Å². The van der Waals surface area contributed by atoms with Crippen LogP contribution in [0.1, 0.15) is 30.6 Å². The largest absolute Gasteiger partial charge is 0.480 e. The fraction of sp³-hybridized carbons (Fsp3) is 0.333. The number of carboxylic acids is 1. The molecule has 0 aromatic heterocycles. The first kappa shape index (κ1) is 13.2. The van der Waals surface area contributed by atoms with Crippen LogP contribution in [0, 0.1) is 5.82 Å². The molecule has 0 aliphatic carbocycles. The van der Waals surface area contributed by atoms with Crippen LogP contribution in [0.5, 0.6) is 0 Å². The van der Waals surface area contributed by atoms with E-state index in [-0.39, 0.29) is 12.0 Å². The molecule has 1 atom stereocenters. The van der Waals surface area contributed by atoms with Crippen LogP contribution in [0.2, 0.25) is 0 Å². The average molecular weight is 239 g/mol. The van der Waals surface area contributed by atoms with Gasteiger partial charge in [0.2, 0.25) is 0 Å². The molecule has 0 saturated heterocycles. The van der Waals surface area contributed by atoms with Crippen molar-refractivity contribution in [2.75, 3.05) is 0 Å². The lowest BCUT2D eigenvalue weighted by Crippen LogP contribution is -2.51. The van der Waals surface area contributed by atoms with Gasteiger partial charge in [-0.1, -0.05) is 13.0 Å². The zero-order valence-electron chi connectivity index (χ0n) is 9.66. The monoisotopic (exact) mass is 239 g/mol. The first-order valence-corrected chi connectivity index (χ1v) is 5.20. The Bertz CT molecular complexity index is 447. The summed E-state index contributed by atoms with van der Waals surface area (Å²) in [5, 5.41) is 11.4. The molecular formula is C12H14FNO3. The highest BCUT2D eigenvalue weighted by atomic mass is 19.1. The van der Waals surface area contributed by atoms with Gasteiger partial charge in [0, 0.05) is 5.56 Å². The maximum atomic E-state index is 12.9. The van der Waals surface area contributed by atoms with Crippen LogP contribution in [0.3, 0.4) is 0 Å². The molecule has 4 nitrogen and oxygen atoms in total. The van der Waals surface area contributed by atoms with E-state index in [1.165, 1.54) is 25.1 Å². The van der Waals surface area contributed by atoms with Gasteiger partial charge in [0.25, 0.3) is 5.91 Å². The normalized spacial score (nSPS) is 13.8. The van der Waals surface area contributed by atoms with Crippen molar-refractivity contribution in [1.29, 1.82) is 0 Å². The number of nitrogens with one attached hydrogen (secondary N) is 1. The second-order valence-electron chi connectivity index (χ2n) is 3.96. The number of aliphatic carboxylic acids is 1. The SMILES string of the molecule is CCC(C)(NC(=O)c1cccc(F)c1)C(=O)O. The lowest BCUT2D eigenvalue weighted by molar-refractivity contribution is -0.143. The molecule has 17 heavy (non-hydrogen) atoms. The highest BCUT2D eigenvalue weighted by Crippen LogP contribution is 2.11. The summed E-state index contributed by atoms with van der Waals surface area (Å²) in [7, 11) is 0.